The molecular formula is C16H19FN4O2. The Morgan fingerprint density at radius 3 is 2.65 bits per heavy atom. The van der Waals surface area contributed by atoms with Crippen molar-refractivity contribution in [3.05, 3.63) is 47.4 Å². The summed E-state index contributed by atoms with van der Waals surface area (Å²) >= 11 is 0. The zero-order chi connectivity index (χ0) is 17.0. The lowest BCUT2D eigenvalue weighted by Gasteiger charge is -2.14. The fourth-order valence-corrected chi connectivity index (χ4v) is 2.26. The minimum absolute atomic E-state index is 0.302. The minimum Gasteiger partial charge on any atom is -0.345 e. The molecule has 0 aliphatic carbocycles. The maximum Gasteiger partial charge on any atom is 0.314 e. The molecule has 0 bridgehead atoms. The Balaban J connectivity index is 1.90. The third-order valence-electron chi connectivity index (χ3n) is 3.26. The van der Waals surface area contributed by atoms with Crippen LogP contribution in [0.4, 0.5) is 10.2 Å². The lowest BCUT2D eigenvalue weighted by molar-refractivity contribution is -0.136. The molecule has 0 saturated heterocycles. The maximum absolute atomic E-state index is 13.1. The number of aryl methyl sites for hydroxylation is 2. The predicted octanol–water partition coefficient (Wildman–Crippen LogP) is 1.55. The van der Waals surface area contributed by atoms with E-state index in [4.69, 9.17) is 0 Å². The van der Waals surface area contributed by atoms with E-state index in [2.05, 4.69) is 15.7 Å². The maximum atomic E-state index is 13.1. The molecule has 2 rings (SSSR count). The number of benzene rings is 1. The van der Waals surface area contributed by atoms with Crippen LogP contribution in [0.3, 0.4) is 0 Å². The van der Waals surface area contributed by atoms with E-state index in [1.165, 1.54) is 16.8 Å². The van der Waals surface area contributed by atoms with Crippen LogP contribution in [0.1, 0.15) is 18.2 Å². The van der Waals surface area contributed by atoms with Gasteiger partial charge in [0.1, 0.15) is 11.6 Å². The molecule has 6 nitrogen and oxygen atoms in total. The SMILES string of the molecule is Cc1cc(NC(=O)C(=O)N[C@H](C)Cc2cccc(F)c2)n(C)n1. The lowest BCUT2D eigenvalue weighted by atomic mass is 10.1. The highest BCUT2D eigenvalue weighted by atomic mass is 19.1. The van der Waals surface area contributed by atoms with E-state index in [1.807, 2.05) is 0 Å². The molecular weight excluding hydrogens is 299 g/mol. The molecule has 0 spiro atoms. The molecule has 0 fully saturated rings. The zero-order valence-corrected chi connectivity index (χ0v) is 13.3. The smallest absolute Gasteiger partial charge is 0.314 e. The third-order valence-corrected chi connectivity index (χ3v) is 3.26. The summed E-state index contributed by atoms with van der Waals surface area (Å²) in [6, 6.07) is 7.50. The molecule has 1 aromatic heterocycles. The topological polar surface area (TPSA) is 76.0 Å². The average molecular weight is 318 g/mol. The van der Waals surface area contributed by atoms with Crippen molar-refractivity contribution in [3.63, 3.8) is 0 Å². The molecule has 0 unspecified atom stereocenters. The Morgan fingerprint density at radius 1 is 1.30 bits per heavy atom. The fraction of sp³-hybridized carbons (Fsp3) is 0.312. The Hall–Kier alpha value is -2.70. The summed E-state index contributed by atoms with van der Waals surface area (Å²) in [5, 5.41) is 9.17. The highest BCUT2D eigenvalue weighted by Gasteiger charge is 2.18. The number of anilines is 1. The second-order valence-corrected chi connectivity index (χ2v) is 5.46. The molecule has 7 heteroatoms. The van der Waals surface area contributed by atoms with Gasteiger partial charge >= 0.3 is 11.8 Å². The molecule has 0 aliphatic heterocycles. The fourth-order valence-electron chi connectivity index (χ4n) is 2.26. The summed E-state index contributed by atoms with van der Waals surface area (Å²) in [7, 11) is 1.67. The van der Waals surface area contributed by atoms with E-state index < -0.39 is 11.8 Å². The minimum atomic E-state index is -0.765. The molecule has 2 amide bonds. The number of rotatable bonds is 4. The van der Waals surface area contributed by atoms with Crippen LogP contribution in [0, 0.1) is 12.7 Å². The van der Waals surface area contributed by atoms with Crippen LogP contribution >= 0.6 is 0 Å². The number of carbonyl (C=O) groups excluding carboxylic acids is 2. The highest BCUT2D eigenvalue weighted by Crippen LogP contribution is 2.08. The number of carbonyl (C=O) groups is 2. The van der Waals surface area contributed by atoms with Gasteiger partial charge in [-0.25, -0.2) is 4.39 Å². The van der Waals surface area contributed by atoms with Gasteiger partial charge in [-0.1, -0.05) is 12.1 Å². The van der Waals surface area contributed by atoms with Gasteiger partial charge in [0.05, 0.1) is 5.69 Å². The van der Waals surface area contributed by atoms with Crippen molar-refractivity contribution in [2.75, 3.05) is 5.32 Å². The Bertz CT molecular complexity index is 727. The first-order valence-corrected chi connectivity index (χ1v) is 7.22. The van der Waals surface area contributed by atoms with Crippen LogP contribution in [-0.2, 0) is 23.1 Å². The van der Waals surface area contributed by atoms with Crippen molar-refractivity contribution in [1.29, 1.82) is 0 Å². The quantitative estimate of drug-likeness (QED) is 0.840. The van der Waals surface area contributed by atoms with Crippen molar-refractivity contribution in [1.82, 2.24) is 15.1 Å². The van der Waals surface area contributed by atoms with E-state index in [9.17, 15) is 14.0 Å². The van der Waals surface area contributed by atoms with E-state index in [0.29, 0.717) is 12.2 Å². The first-order valence-electron chi connectivity index (χ1n) is 7.22. The second-order valence-electron chi connectivity index (χ2n) is 5.46. The van der Waals surface area contributed by atoms with Crippen LogP contribution in [0.2, 0.25) is 0 Å². The van der Waals surface area contributed by atoms with E-state index >= 15 is 0 Å². The van der Waals surface area contributed by atoms with Gasteiger partial charge in [-0.3, -0.25) is 14.3 Å². The Labute approximate surface area is 133 Å². The second kappa shape index (κ2) is 7.04. The van der Waals surface area contributed by atoms with Crippen molar-refractivity contribution in [2.45, 2.75) is 26.3 Å². The number of hydrogen-bond acceptors (Lipinski definition) is 3. The Kier molecular flexibility index (Phi) is 5.10. The molecule has 2 N–H and O–H groups in total. The molecule has 2 aromatic rings. The van der Waals surface area contributed by atoms with Crippen molar-refractivity contribution < 1.29 is 14.0 Å². The van der Waals surface area contributed by atoms with Crippen molar-refractivity contribution >= 4 is 17.6 Å². The molecule has 1 heterocycles. The van der Waals surface area contributed by atoms with Crippen LogP contribution in [0.5, 0.6) is 0 Å². The van der Waals surface area contributed by atoms with Gasteiger partial charge in [0.15, 0.2) is 0 Å². The summed E-state index contributed by atoms with van der Waals surface area (Å²) in [4.78, 5) is 23.8. The summed E-state index contributed by atoms with van der Waals surface area (Å²) in [6.45, 7) is 3.54. The van der Waals surface area contributed by atoms with Gasteiger partial charge in [-0.15, -0.1) is 0 Å². The van der Waals surface area contributed by atoms with Crippen LogP contribution in [0.15, 0.2) is 30.3 Å². The van der Waals surface area contributed by atoms with Crippen LogP contribution < -0.4 is 10.6 Å². The first kappa shape index (κ1) is 16.7. The molecule has 0 radical (unpaired) electrons. The molecule has 1 aromatic carbocycles. The molecule has 0 aliphatic rings. The summed E-state index contributed by atoms with van der Waals surface area (Å²) in [5.74, 6) is -1.39. The summed E-state index contributed by atoms with van der Waals surface area (Å²) in [5.41, 5.74) is 1.49. The first-order chi connectivity index (χ1) is 10.8. The highest BCUT2D eigenvalue weighted by molar-refractivity contribution is 6.39. The number of halogens is 1. The van der Waals surface area contributed by atoms with Crippen molar-refractivity contribution in [3.8, 4) is 0 Å². The molecule has 0 saturated carbocycles. The number of amides is 2. The third kappa shape index (κ3) is 4.64. The largest absolute Gasteiger partial charge is 0.345 e. The number of hydrogen-bond donors (Lipinski definition) is 2. The standard InChI is InChI=1S/C16H19FN4O2/c1-10(7-12-5-4-6-13(17)9-12)18-15(22)16(23)19-14-8-11(2)20-21(14)3/h4-6,8-10H,7H2,1-3H3,(H,18,22)(H,19,23)/t10-/m1/s1. The monoisotopic (exact) mass is 318 g/mol. The van der Waals surface area contributed by atoms with Crippen LogP contribution in [-0.4, -0.2) is 27.6 Å². The van der Waals surface area contributed by atoms with Crippen molar-refractivity contribution in [2.24, 2.45) is 7.05 Å². The molecule has 122 valence electrons. The zero-order valence-electron chi connectivity index (χ0n) is 13.3. The van der Waals surface area contributed by atoms with E-state index in [-0.39, 0.29) is 11.9 Å². The number of aromatic nitrogens is 2. The van der Waals surface area contributed by atoms with Gasteiger partial charge in [0.25, 0.3) is 0 Å². The normalized spacial score (nSPS) is 11.8. The van der Waals surface area contributed by atoms with E-state index in [0.717, 1.165) is 11.3 Å². The number of nitrogens with one attached hydrogen (secondary N) is 2. The Morgan fingerprint density at radius 2 is 2.04 bits per heavy atom. The van der Waals surface area contributed by atoms with E-state index in [1.54, 1.807) is 39.1 Å². The molecule has 23 heavy (non-hydrogen) atoms. The lowest BCUT2D eigenvalue weighted by Crippen LogP contribution is -2.41. The number of nitrogens with zero attached hydrogens (tertiary/aromatic N) is 2. The van der Waals surface area contributed by atoms with Gasteiger partial charge in [-0.2, -0.15) is 5.10 Å². The van der Waals surface area contributed by atoms with Crippen LogP contribution in [0.25, 0.3) is 0 Å². The molecule has 1 atom stereocenters. The summed E-state index contributed by atoms with van der Waals surface area (Å²) < 4.78 is 14.6. The van der Waals surface area contributed by atoms with Gasteiger partial charge in [0.2, 0.25) is 0 Å². The van der Waals surface area contributed by atoms with Gasteiger partial charge in [-0.05, 0) is 38.0 Å². The van der Waals surface area contributed by atoms with Gasteiger partial charge in [0, 0.05) is 19.2 Å². The predicted molar refractivity (Wildman–Crippen MR) is 84.3 cm³/mol. The van der Waals surface area contributed by atoms with Gasteiger partial charge < -0.3 is 10.6 Å². The average Bonchev–Trinajstić information content (AvgIpc) is 2.76. The summed E-state index contributed by atoms with van der Waals surface area (Å²) in [6.07, 6.45) is 0.432.